The van der Waals surface area contributed by atoms with Gasteiger partial charge in [-0.05, 0) is 70.2 Å². The van der Waals surface area contributed by atoms with Crippen LogP contribution >= 0.6 is 23.5 Å². The lowest BCUT2D eigenvalue weighted by atomic mass is 9.98. The number of hydrogen-bond donors (Lipinski definition) is 2. The summed E-state index contributed by atoms with van der Waals surface area (Å²) in [5.41, 5.74) is 5.48. The fourth-order valence-electron chi connectivity index (χ4n) is 5.59. The molecule has 2 N–H and O–H groups in total. The van der Waals surface area contributed by atoms with E-state index < -0.39 is 34.8 Å². The largest absolute Gasteiger partial charge is 0.482 e. The van der Waals surface area contributed by atoms with Gasteiger partial charge in [0.2, 0.25) is 0 Å². The zero-order valence-electron chi connectivity index (χ0n) is 24.8. The maximum Gasteiger partial charge on any atom is 0.407 e. The highest BCUT2D eigenvalue weighted by molar-refractivity contribution is 8.18. The third-order valence-electron chi connectivity index (χ3n) is 7.65. The number of fused-ring (bicyclic) bond motifs is 3. The van der Waals surface area contributed by atoms with Crippen molar-refractivity contribution in [2.75, 3.05) is 31.3 Å². The lowest BCUT2D eigenvalue weighted by Gasteiger charge is -2.36. The maximum atomic E-state index is 13.4. The van der Waals surface area contributed by atoms with Gasteiger partial charge in [0.1, 0.15) is 29.1 Å². The minimum absolute atomic E-state index is 0.0789. The Kier molecular flexibility index (Phi) is 10.4. The second-order valence-electron chi connectivity index (χ2n) is 11.3. The van der Waals surface area contributed by atoms with Crippen LogP contribution in [0.3, 0.4) is 0 Å². The molecule has 1 fully saturated rings. The van der Waals surface area contributed by atoms with Crippen LogP contribution in [0.15, 0.2) is 72.8 Å². The van der Waals surface area contributed by atoms with Gasteiger partial charge in [-0.15, -0.1) is 23.5 Å². The van der Waals surface area contributed by atoms with E-state index in [1.165, 1.54) is 0 Å². The van der Waals surface area contributed by atoms with Gasteiger partial charge in [0.15, 0.2) is 6.61 Å². The Morgan fingerprint density at radius 3 is 2.11 bits per heavy atom. The first kappa shape index (κ1) is 31.8. The van der Waals surface area contributed by atoms with Crippen LogP contribution in [0.4, 0.5) is 4.79 Å². The number of esters is 1. The predicted octanol–water partition coefficient (Wildman–Crippen LogP) is 6.67. The minimum Gasteiger partial charge on any atom is -0.482 e. The van der Waals surface area contributed by atoms with Crippen molar-refractivity contribution in [2.45, 2.75) is 42.7 Å². The molecule has 0 bridgehead atoms. The van der Waals surface area contributed by atoms with Crippen LogP contribution in [-0.4, -0.2) is 60.5 Å². The topological polar surface area (TPSA) is 111 Å². The molecular weight excluding hydrogens is 599 g/mol. The van der Waals surface area contributed by atoms with Crippen molar-refractivity contribution in [3.63, 3.8) is 0 Å². The summed E-state index contributed by atoms with van der Waals surface area (Å²) >= 11 is 3.44. The smallest absolute Gasteiger partial charge is 0.407 e. The lowest BCUT2D eigenvalue weighted by molar-refractivity contribution is -0.146. The monoisotopic (exact) mass is 635 g/mol. The number of carboxylic acids is 1. The van der Waals surface area contributed by atoms with Gasteiger partial charge in [0.05, 0.1) is 0 Å². The second kappa shape index (κ2) is 14.4. The number of nitrogens with one attached hydrogen (secondary N) is 1. The summed E-state index contributed by atoms with van der Waals surface area (Å²) in [5.74, 6) is 0.790. The highest BCUT2D eigenvalue weighted by Gasteiger charge is 2.38. The highest BCUT2D eigenvalue weighted by Crippen LogP contribution is 2.51. The number of carbonyl (C=O) groups is 3. The van der Waals surface area contributed by atoms with Gasteiger partial charge in [0, 0.05) is 5.92 Å². The zero-order valence-corrected chi connectivity index (χ0v) is 26.5. The van der Waals surface area contributed by atoms with E-state index in [2.05, 4.69) is 29.6 Å². The van der Waals surface area contributed by atoms with E-state index in [-0.39, 0.29) is 25.0 Å². The molecule has 1 aliphatic carbocycles. The molecule has 2 aliphatic rings. The third kappa shape index (κ3) is 7.53. The van der Waals surface area contributed by atoms with Crippen molar-refractivity contribution >= 4 is 41.6 Å². The molecule has 10 heteroatoms. The number of carboxylic acid groups (broad SMARTS) is 1. The number of aliphatic carboxylic acids is 1. The molecule has 0 radical (unpaired) electrons. The first-order chi connectivity index (χ1) is 21.3. The number of thioether (sulfide) groups is 2. The van der Waals surface area contributed by atoms with Crippen molar-refractivity contribution in [2.24, 2.45) is 5.92 Å². The quantitative estimate of drug-likeness (QED) is 0.211. The average molecular weight is 636 g/mol. The van der Waals surface area contributed by atoms with Gasteiger partial charge >= 0.3 is 18.0 Å². The Balaban J connectivity index is 1.22. The summed E-state index contributed by atoms with van der Waals surface area (Å²) in [6, 6.07) is 22.7. The molecule has 0 unspecified atom stereocenters. The summed E-state index contributed by atoms with van der Waals surface area (Å²) in [5, 5.41) is 11.7. The molecule has 8 nitrogen and oxygen atoms in total. The van der Waals surface area contributed by atoms with Crippen LogP contribution < -0.4 is 10.1 Å². The molecular formula is C34H37NO7S2. The van der Waals surface area contributed by atoms with E-state index in [1.807, 2.05) is 50.2 Å². The fraction of sp³-hybridized carbons (Fsp3) is 0.382. The maximum absolute atomic E-state index is 13.4. The summed E-state index contributed by atoms with van der Waals surface area (Å²) in [6.07, 6.45) is 0.804. The van der Waals surface area contributed by atoms with Crippen LogP contribution in [0.5, 0.6) is 5.75 Å². The second-order valence-corrected chi connectivity index (χ2v) is 14.3. The Labute approximate surface area is 266 Å². The Hall–Kier alpha value is -3.63. The number of ether oxygens (including phenoxy) is 3. The highest BCUT2D eigenvalue weighted by atomic mass is 32.2. The van der Waals surface area contributed by atoms with Crippen molar-refractivity contribution < 1.29 is 33.7 Å². The van der Waals surface area contributed by atoms with E-state index in [0.717, 1.165) is 45.7 Å². The predicted molar refractivity (Wildman–Crippen MR) is 173 cm³/mol. The van der Waals surface area contributed by atoms with Crippen molar-refractivity contribution in [1.29, 1.82) is 0 Å². The first-order valence-corrected chi connectivity index (χ1v) is 16.7. The van der Waals surface area contributed by atoms with E-state index >= 15 is 0 Å². The molecule has 3 aromatic rings. The number of rotatable bonds is 12. The zero-order chi connectivity index (χ0) is 31.1. The molecule has 1 saturated heterocycles. The number of amides is 1. The molecule has 0 spiro atoms. The Morgan fingerprint density at radius 1 is 0.909 bits per heavy atom. The van der Waals surface area contributed by atoms with Gasteiger partial charge in [0.25, 0.3) is 0 Å². The van der Waals surface area contributed by atoms with Crippen molar-refractivity contribution in [3.8, 4) is 16.9 Å². The number of carbonyl (C=O) groups excluding carboxylic acids is 2. The van der Waals surface area contributed by atoms with Gasteiger partial charge < -0.3 is 24.6 Å². The molecule has 1 amide bonds. The van der Waals surface area contributed by atoms with Gasteiger partial charge in [-0.1, -0.05) is 74.5 Å². The third-order valence-corrected chi connectivity index (χ3v) is 11.0. The average Bonchev–Trinajstić information content (AvgIpc) is 3.35. The van der Waals surface area contributed by atoms with E-state index in [0.29, 0.717) is 12.2 Å². The molecule has 0 saturated carbocycles. The molecule has 1 atom stereocenters. The molecule has 44 heavy (non-hydrogen) atoms. The summed E-state index contributed by atoms with van der Waals surface area (Å²) in [4.78, 5) is 37.3. The molecule has 3 aromatic carbocycles. The summed E-state index contributed by atoms with van der Waals surface area (Å²) in [7, 11) is 0. The summed E-state index contributed by atoms with van der Waals surface area (Å²) < 4.78 is 16.4. The molecule has 232 valence electrons. The Morgan fingerprint density at radius 2 is 1.52 bits per heavy atom. The minimum atomic E-state index is -1.04. The van der Waals surface area contributed by atoms with E-state index in [9.17, 15) is 14.4 Å². The van der Waals surface area contributed by atoms with Crippen LogP contribution in [0.25, 0.3) is 11.1 Å². The van der Waals surface area contributed by atoms with E-state index in [1.54, 1.807) is 35.7 Å². The normalized spacial score (nSPS) is 16.0. The van der Waals surface area contributed by atoms with Crippen LogP contribution in [0.2, 0.25) is 0 Å². The number of benzene rings is 3. The molecule has 1 aliphatic heterocycles. The summed E-state index contributed by atoms with van der Waals surface area (Å²) in [6.45, 7) is 3.84. The standard InChI is InChI=1S/C34H37NO7S2/c1-22(2)18-30(35-33(39)41-19-29-27-10-5-3-8-25(27)26-9-4-6-11-28(26)29)32(38)42-21-34(43-16-7-17-44-34)23-12-14-24(15-13-23)40-20-31(36)37/h3-6,8-15,22,29-30H,7,16-21H2,1-2H3,(H,35,39)(H,36,37)/t30-/m0/s1. The van der Waals surface area contributed by atoms with E-state index in [4.69, 9.17) is 19.3 Å². The van der Waals surface area contributed by atoms with Crippen molar-refractivity contribution in [1.82, 2.24) is 5.32 Å². The number of alkyl carbamates (subject to hydrolysis) is 1. The SMILES string of the molecule is CC(C)C[C@H](NC(=O)OCC1c2ccccc2-c2ccccc21)C(=O)OCC1(c2ccc(OCC(=O)O)cc2)SCCCS1. The molecule has 1 heterocycles. The van der Waals surface area contributed by atoms with Crippen LogP contribution in [0, 0.1) is 5.92 Å². The van der Waals surface area contributed by atoms with Crippen molar-refractivity contribution in [3.05, 3.63) is 89.5 Å². The van der Waals surface area contributed by atoms with Gasteiger partial charge in [-0.2, -0.15) is 0 Å². The fourth-order valence-corrected chi connectivity index (χ4v) is 8.74. The van der Waals surface area contributed by atoms with Crippen LogP contribution in [-0.2, 0) is 23.1 Å². The lowest BCUT2D eigenvalue weighted by Crippen LogP contribution is -2.44. The van der Waals surface area contributed by atoms with Gasteiger partial charge in [-0.3, -0.25) is 0 Å². The van der Waals surface area contributed by atoms with Crippen LogP contribution in [0.1, 0.15) is 49.3 Å². The number of hydrogen-bond acceptors (Lipinski definition) is 8. The first-order valence-electron chi connectivity index (χ1n) is 14.8. The Bertz CT molecular complexity index is 1420. The molecule has 5 rings (SSSR count). The molecule has 0 aromatic heterocycles. The van der Waals surface area contributed by atoms with Gasteiger partial charge in [-0.25, -0.2) is 14.4 Å².